The maximum atomic E-state index is 12.9. The SMILES string of the molecule is FC(F)(F)COC(c1ccc(-c2ccccc2)cc1)C(F)(F)F. The van der Waals surface area contributed by atoms with Crippen LogP contribution in [0, 0.1) is 0 Å². The first-order chi connectivity index (χ1) is 10.7. The lowest BCUT2D eigenvalue weighted by Gasteiger charge is -2.22. The highest BCUT2D eigenvalue weighted by molar-refractivity contribution is 5.63. The predicted molar refractivity (Wildman–Crippen MR) is 72.7 cm³/mol. The number of halogens is 6. The Morgan fingerprint density at radius 1 is 0.739 bits per heavy atom. The monoisotopic (exact) mass is 334 g/mol. The Hall–Kier alpha value is -2.02. The molecule has 1 atom stereocenters. The van der Waals surface area contributed by atoms with Crippen LogP contribution >= 0.6 is 0 Å². The largest absolute Gasteiger partial charge is 0.418 e. The molecule has 0 heterocycles. The first-order valence-electron chi connectivity index (χ1n) is 6.57. The van der Waals surface area contributed by atoms with Gasteiger partial charge in [-0.05, 0) is 16.7 Å². The molecule has 1 nitrogen and oxygen atoms in total. The molecule has 1 unspecified atom stereocenters. The summed E-state index contributed by atoms with van der Waals surface area (Å²) in [4.78, 5) is 0. The molecule has 7 heteroatoms. The Morgan fingerprint density at radius 3 is 1.74 bits per heavy atom. The van der Waals surface area contributed by atoms with Crippen molar-refractivity contribution < 1.29 is 31.1 Å². The van der Waals surface area contributed by atoms with Crippen LogP contribution in [0.15, 0.2) is 54.6 Å². The lowest BCUT2D eigenvalue weighted by molar-refractivity contribution is -0.258. The molecule has 124 valence electrons. The standard InChI is InChI=1S/C16H12F6O/c17-15(18,19)10-23-14(16(20,21)22)13-8-6-12(7-9-13)11-4-2-1-3-5-11/h1-9,14H,10H2. The Balaban J connectivity index is 2.22. The second-order valence-corrected chi connectivity index (χ2v) is 4.84. The Bertz CT molecular complexity index is 616. The quantitative estimate of drug-likeness (QED) is 0.668. The van der Waals surface area contributed by atoms with Crippen molar-refractivity contribution in [2.24, 2.45) is 0 Å². The second kappa shape index (κ2) is 6.62. The zero-order valence-corrected chi connectivity index (χ0v) is 11.7. The molecule has 0 aliphatic heterocycles. The highest BCUT2D eigenvalue weighted by Crippen LogP contribution is 2.37. The van der Waals surface area contributed by atoms with E-state index in [0.29, 0.717) is 5.56 Å². The van der Waals surface area contributed by atoms with Crippen molar-refractivity contribution in [2.45, 2.75) is 18.5 Å². The van der Waals surface area contributed by atoms with Crippen LogP contribution in [0.1, 0.15) is 11.7 Å². The number of benzene rings is 2. The van der Waals surface area contributed by atoms with Crippen molar-refractivity contribution in [3.8, 4) is 11.1 Å². The van der Waals surface area contributed by atoms with Gasteiger partial charge in [0.15, 0.2) is 6.10 Å². The van der Waals surface area contributed by atoms with Gasteiger partial charge in [0.1, 0.15) is 6.61 Å². The van der Waals surface area contributed by atoms with Gasteiger partial charge < -0.3 is 4.74 Å². The van der Waals surface area contributed by atoms with Crippen molar-refractivity contribution in [1.82, 2.24) is 0 Å². The smallest absolute Gasteiger partial charge is 0.355 e. The fraction of sp³-hybridized carbons (Fsp3) is 0.250. The zero-order valence-electron chi connectivity index (χ0n) is 11.7. The molecule has 0 saturated carbocycles. The molecular formula is C16H12F6O. The summed E-state index contributed by atoms with van der Waals surface area (Å²) in [5, 5.41) is 0. The maximum absolute atomic E-state index is 12.9. The summed E-state index contributed by atoms with van der Waals surface area (Å²) in [6.45, 7) is -1.96. The third-order valence-electron chi connectivity index (χ3n) is 3.03. The van der Waals surface area contributed by atoms with Gasteiger partial charge in [0.2, 0.25) is 0 Å². The van der Waals surface area contributed by atoms with Gasteiger partial charge in [-0.1, -0.05) is 54.6 Å². The highest BCUT2D eigenvalue weighted by atomic mass is 19.4. The van der Waals surface area contributed by atoms with Crippen LogP contribution in [0.4, 0.5) is 26.3 Å². The first-order valence-corrected chi connectivity index (χ1v) is 6.57. The molecule has 2 aromatic carbocycles. The summed E-state index contributed by atoms with van der Waals surface area (Å²) >= 11 is 0. The van der Waals surface area contributed by atoms with Crippen molar-refractivity contribution in [2.75, 3.05) is 6.61 Å². The summed E-state index contributed by atoms with van der Waals surface area (Å²) in [5.41, 5.74) is 1.08. The second-order valence-electron chi connectivity index (χ2n) is 4.84. The minimum absolute atomic E-state index is 0.374. The summed E-state index contributed by atoms with van der Waals surface area (Å²) in [7, 11) is 0. The summed E-state index contributed by atoms with van der Waals surface area (Å²) in [6.07, 6.45) is -12.4. The van der Waals surface area contributed by atoms with Crippen molar-refractivity contribution in [3.63, 3.8) is 0 Å². The van der Waals surface area contributed by atoms with Crippen LogP contribution in [0.25, 0.3) is 11.1 Å². The van der Waals surface area contributed by atoms with Gasteiger partial charge in [-0.2, -0.15) is 26.3 Å². The molecule has 2 rings (SSSR count). The fourth-order valence-corrected chi connectivity index (χ4v) is 2.04. The van der Waals surface area contributed by atoms with Crippen LogP contribution < -0.4 is 0 Å². The van der Waals surface area contributed by atoms with E-state index in [1.165, 1.54) is 12.1 Å². The van der Waals surface area contributed by atoms with Crippen LogP contribution in [-0.2, 0) is 4.74 Å². The van der Waals surface area contributed by atoms with Crippen LogP contribution in [-0.4, -0.2) is 19.0 Å². The lowest BCUT2D eigenvalue weighted by Crippen LogP contribution is -2.28. The molecule has 0 saturated heterocycles. The molecule has 0 radical (unpaired) electrons. The van der Waals surface area contributed by atoms with Crippen molar-refractivity contribution >= 4 is 0 Å². The third kappa shape index (κ3) is 4.99. The van der Waals surface area contributed by atoms with Gasteiger partial charge in [-0.3, -0.25) is 0 Å². The average molecular weight is 334 g/mol. The number of alkyl halides is 6. The number of hydrogen-bond acceptors (Lipinski definition) is 1. The number of rotatable bonds is 4. The Labute approximate surface area is 128 Å². The van der Waals surface area contributed by atoms with Gasteiger partial charge in [0.25, 0.3) is 0 Å². The van der Waals surface area contributed by atoms with Crippen molar-refractivity contribution in [1.29, 1.82) is 0 Å². The van der Waals surface area contributed by atoms with E-state index >= 15 is 0 Å². The van der Waals surface area contributed by atoms with E-state index in [4.69, 9.17) is 0 Å². The molecule has 2 aromatic rings. The molecule has 0 aliphatic rings. The van der Waals surface area contributed by atoms with Gasteiger partial charge in [0.05, 0.1) is 0 Å². The van der Waals surface area contributed by atoms with E-state index in [1.807, 2.05) is 0 Å². The van der Waals surface area contributed by atoms with E-state index in [9.17, 15) is 26.3 Å². The van der Waals surface area contributed by atoms with E-state index in [-0.39, 0.29) is 5.56 Å². The molecule has 0 aliphatic carbocycles. The molecule has 23 heavy (non-hydrogen) atoms. The van der Waals surface area contributed by atoms with Gasteiger partial charge in [-0.25, -0.2) is 0 Å². The lowest BCUT2D eigenvalue weighted by atomic mass is 10.0. The minimum atomic E-state index is -4.93. The van der Waals surface area contributed by atoms with E-state index in [0.717, 1.165) is 17.7 Å². The fourth-order valence-electron chi connectivity index (χ4n) is 2.04. The van der Waals surface area contributed by atoms with E-state index in [1.54, 1.807) is 30.3 Å². The van der Waals surface area contributed by atoms with Crippen LogP contribution in [0.2, 0.25) is 0 Å². The zero-order chi connectivity index (χ0) is 17.1. The van der Waals surface area contributed by atoms with Crippen LogP contribution in [0.3, 0.4) is 0 Å². The van der Waals surface area contributed by atoms with Crippen molar-refractivity contribution in [3.05, 3.63) is 60.2 Å². The summed E-state index contributed by atoms with van der Waals surface area (Å²) in [5.74, 6) is 0. The normalized spacial score (nSPS) is 13.8. The number of hydrogen-bond donors (Lipinski definition) is 0. The highest BCUT2D eigenvalue weighted by Gasteiger charge is 2.44. The molecule has 0 aromatic heterocycles. The van der Waals surface area contributed by atoms with Gasteiger partial charge in [-0.15, -0.1) is 0 Å². The molecule has 0 bridgehead atoms. The Kier molecular flexibility index (Phi) is 4.99. The first kappa shape index (κ1) is 17.3. The minimum Gasteiger partial charge on any atom is -0.355 e. The summed E-state index contributed by atoms with van der Waals surface area (Å²) in [6, 6.07) is 14.0. The Morgan fingerprint density at radius 2 is 1.26 bits per heavy atom. The van der Waals surface area contributed by atoms with Gasteiger partial charge >= 0.3 is 12.4 Å². The van der Waals surface area contributed by atoms with E-state index < -0.39 is 25.1 Å². The maximum Gasteiger partial charge on any atom is 0.418 e. The number of ether oxygens (including phenoxy) is 1. The molecule has 0 spiro atoms. The summed E-state index contributed by atoms with van der Waals surface area (Å²) < 4.78 is 79.1. The molecular weight excluding hydrogens is 322 g/mol. The predicted octanol–water partition coefficient (Wildman–Crippen LogP) is 5.54. The molecule has 0 amide bonds. The van der Waals surface area contributed by atoms with Crippen LogP contribution in [0.5, 0.6) is 0 Å². The average Bonchev–Trinajstić information content (AvgIpc) is 2.46. The van der Waals surface area contributed by atoms with E-state index in [2.05, 4.69) is 4.74 Å². The molecule has 0 N–H and O–H groups in total. The topological polar surface area (TPSA) is 9.23 Å². The van der Waals surface area contributed by atoms with Gasteiger partial charge in [0, 0.05) is 0 Å². The third-order valence-corrected chi connectivity index (χ3v) is 3.03. The molecule has 0 fully saturated rings.